The lowest BCUT2D eigenvalue weighted by Crippen LogP contribution is -2.36. The van der Waals surface area contributed by atoms with E-state index in [-0.39, 0.29) is 11.8 Å². The predicted molar refractivity (Wildman–Crippen MR) is 115 cm³/mol. The van der Waals surface area contributed by atoms with Crippen molar-refractivity contribution in [2.24, 2.45) is 5.92 Å². The molecule has 0 spiro atoms. The molecule has 2 aromatic rings. The highest BCUT2D eigenvalue weighted by atomic mass is 79.9. The van der Waals surface area contributed by atoms with Crippen molar-refractivity contribution in [3.8, 4) is 0 Å². The molecular formula is C23H24BrNO3. The van der Waals surface area contributed by atoms with Gasteiger partial charge in [0.15, 0.2) is 0 Å². The predicted octanol–water partition coefficient (Wildman–Crippen LogP) is 5.66. The number of carboxylic acids is 1. The fourth-order valence-corrected chi connectivity index (χ4v) is 3.87. The molecule has 3 rings (SSSR count). The van der Waals surface area contributed by atoms with Gasteiger partial charge in [-0.25, -0.2) is 4.79 Å². The Kier molecular flexibility index (Phi) is 7.04. The number of anilines is 1. The fraction of sp³-hybridized carbons (Fsp3) is 0.304. The number of carboxylic acid groups (broad SMARTS) is 1. The average Bonchev–Trinajstić information content (AvgIpc) is 2.72. The highest BCUT2D eigenvalue weighted by Gasteiger charge is 2.27. The zero-order valence-corrected chi connectivity index (χ0v) is 17.3. The lowest BCUT2D eigenvalue weighted by molar-refractivity contribution is -0.131. The molecular weight excluding hydrogens is 418 g/mol. The molecule has 0 radical (unpaired) electrons. The van der Waals surface area contributed by atoms with Crippen molar-refractivity contribution < 1.29 is 14.7 Å². The van der Waals surface area contributed by atoms with E-state index < -0.39 is 5.97 Å². The monoisotopic (exact) mass is 441 g/mol. The van der Waals surface area contributed by atoms with Crippen LogP contribution in [0, 0.1) is 5.92 Å². The van der Waals surface area contributed by atoms with Crippen molar-refractivity contribution in [3.05, 3.63) is 70.2 Å². The van der Waals surface area contributed by atoms with Crippen LogP contribution in [-0.2, 0) is 16.1 Å². The zero-order valence-electron chi connectivity index (χ0n) is 15.7. The summed E-state index contributed by atoms with van der Waals surface area (Å²) in [4.78, 5) is 26.0. The van der Waals surface area contributed by atoms with Crippen LogP contribution in [0.1, 0.15) is 43.2 Å². The molecule has 146 valence electrons. The largest absolute Gasteiger partial charge is 0.478 e. The van der Waals surface area contributed by atoms with Crippen LogP contribution >= 0.6 is 15.9 Å². The first kappa shape index (κ1) is 20.3. The molecule has 1 aliphatic carbocycles. The van der Waals surface area contributed by atoms with Crippen LogP contribution in [-0.4, -0.2) is 17.0 Å². The number of hydrogen-bond donors (Lipinski definition) is 1. The van der Waals surface area contributed by atoms with E-state index in [4.69, 9.17) is 5.11 Å². The number of nitrogens with zero attached hydrogens (tertiary/aromatic N) is 1. The molecule has 4 nitrogen and oxygen atoms in total. The molecule has 0 heterocycles. The van der Waals surface area contributed by atoms with Gasteiger partial charge in [0.2, 0.25) is 5.91 Å². The minimum atomic E-state index is -0.990. The Hall–Kier alpha value is -2.40. The number of hydrogen-bond acceptors (Lipinski definition) is 2. The maximum atomic E-state index is 13.4. The summed E-state index contributed by atoms with van der Waals surface area (Å²) < 4.78 is 1.00. The molecule has 5 heteroatoms. The maximum Gasteiger partial charge on any atom is 0.328 e. The van der Waals surface area contributed by atoms with Crippen LogP contribution in [0.3, 0.4) is 0 Å². The van der Waals surface area contributed by atoms with Gasteiger partial charge >= 0.3 is 5.97 Å². The summed E-state index contributed by atoms with van der Waals surface area (Å²) in [5.41, 5.74) is 2.61. The van der Waals surface area contributed by atoms with Crippen LogP contribution in [0.2, 0.25) is 0 Å². The molecule has 1 saturated carbocycles. The third-order valence-electron chi connectivity index (χ3n) is 5.07. The quantitative estimate of drug-likeness (QED) is 0.588. The van der Waals surface area contributed by atoms with Crippen LogP contribution in [0.25, 0.3) is 6.08 Å². The Morgan fingerprint density at radius 1 is 1.07 bits per heavy atom. The first-order valence-corrected chi connectivity index (χ1v) is 10.4. The summed E-state index contributed by atoms with van der Waals surface area (Å²) in [6.45, 7) is 0.495. The molecule has 1 amide bonds. The molecule has 0 aromatic heterocycles. The number of halogens is 1. The second kappa shape index (κ2) is 9.69. The first-order chi connectivity index (χ1) is 13.5. The second-order valence-corrected chi connectivity index (χ2v) is 8.07. The summed E-state index contributed by atoms with van der Waals surface area (Å²) >= 11 is 3.45. The Labute approximate surface area is 174 Å². The SMILES string of the molecule is O=C(O)C=Cc1cccc(N(Cc2ccc(Br)cc2)C(=O)C2CCCCC2)c1. The van der Waals surface area contributed by atoms with E-state index in [1.54, 1.807) is 6.08 Å². The van der Waals surface area contributed by atoms with Gasteiger partial charge in [-0.3, -0.25) is 4.79 Å². The Morgan fingerprint density at radius 2 is 1.79 bits per heavy atom. The smallest absolute Gasteiger partial charge is 0.328 e. The van der Waals surface area contributed by atoms with E-state index in [2.05, 4.69) is 15.9 Å². The van der Waals surface area contributed by atoms with Crippen LogP contribution in [0.4, 0.5) is 5.69 Å². The van der Waals surface area contributed by atoms with E-state index >= 15 is 0 Å². The van der Waals surface area contributed by atoms with Gasteiger partial charge in [-0.05, 0) is 54.3 Å². The molecule has 1 fully saturated rings. The van der Waals surface area contributed by atoms with Crippen molar-refractivity contribution in [2.45, 2.75) is 38.6 Å². The summed E-state index contributed by atoms with van der Waals surface area (Å²) in [7, 11) is 0. The summed E-state index contributed by atoms with van der Waals surface area (Å²) in [5, 5.41) is 8.87. The summed E-state index contributed by atoms with van der Waals surface area (Å²) in [6.07, 6.45) is 7.94. The van der Waals surface area contributed by atoms with Crippen LogP contribution in [0.5, 0.6) is 0 Å². The topological polar surface area (TPSA) is 57.6 Å². The van der Waals surface area contributed by atoms with Gasteiger partial charge < -0.3 is 10.0 Å². The number of carbonyl (C=O) groups is 2. The van der Waals surface area contributed by atoms with Gasteiger partial charge in [-0.2, -0.15) is 0 Å². The number of benzene rings is 2. The fourth-order valence-electron chi connectivity index (χ4n) is 3.60. The van der Waals surface area contributed by atoms with E-state index in [1.165, 1.54) is 6.42 Å². The Balaban J connectivity index is 1.90. The minimum absolute atomic E-state index is 0.0578. The highest BCUT2D eigenvalue weighted by Crippen LogP contribution is 2.29. The van der Waals surface area contributed by atoms with Gasteiger partial charge in [0.1, 0.15) is 0 Å². The Bertz CT molecular complexity index is 854. The molecule has 0 atom stereocenters. The lowest BCUT2D eigenvalue weighted by atomic mass is 9.88. The maximum absolute atomic E-state index is 13.4. The van der Waals surface area contributed by atoms with E-state index in [0.29, 0.717) is 6.54 Å². The molecule has 0 aliphatic heterocycles. The van der Waals surface area contributed by atoms with E-state index in [1.807, 2.05) is 53.4 Å². The molecule has 1 aliphatic rings. The average molecular weight is 442 g/mol. The van der Waals surface area contributed by atoms with Crippen LogP contribution < -0.4 is 4.90 Å². The zero-order chi connectivity index (χ0) is 19.9. The number of amides is 1. The number of carbonyl (C=O) groups excluding carboxylic acids is 1. The van der Waals surface area contributed by atoms with Crippen molar-refractivity contribution in [1.82, 2.24) is 0 Å². The normalized spacial score (nSPS) is 14.9. The first-order valence-electron chi connectivity index (χ1n) is 9.60. The van der Waals surface area contributed by atoms with Gasteiger partial charge in [-0.15, -0.1) is 0 Å². The van der Waals surface area contributed by atoms with Gasteiger partial charge in [0.05, 0.1) is 6.54 Å². The summed E-state index contributed by atoms with van der Waals surface area (Å²) in [6, 6.07) is 15.5. The minimum Gasteiger partial charge on any atom is -0.478 e. The van der Waals surface area contributed by atoms with E-state index in [9.17, 15) is 9.59 Å². The lowest BCUT2D eigenvalue weighted by Gasteiger charge is -2.30. The Morgan fingerprint density at radius 3 is 2.46 bits per heavy atom. The van der Waals surface area contributed by atoms with Crippen LogP contribution in [0.15, 0.2) is 59.1 Å². The van der Waals surface area contributed by atoms with E-state index in [0.717, 1.165) is 53.0 Å². The summed E-state index contributed by atoms with van der Waals surface area (Å²) in [5.74, 6) is -0.778. The number of rotatable bonds is 6. The van der Waals surface area contributed by atoms with Gasteiger partial charge in [0.25, 0.3) is 0 Å². The third-order valence-corrected chi connectivity index (χ3v) is 5.60. The standard InChI is InChI=1S/C23H24BrNO3/c24-20-12-9-18(10-13-20)16-25(23(28)19-6-2-1-3-7-19)21-8-4-5-17(15-21)11-14-22(26)27/h4-5,8-15,19H,1-3,6-7,16H2,(H,26,27). The third kappa shape index (κ3) is 5.55. The molecule has 1 N–H and O–H groups in total. The van der Waals surface area contributed by atoms with Crippen molar-refractivity contribution in [3.63, 3.8) is 0 Å². The van der Waals surface area contributed by atoms with Gasteiger partial charge in [-0.1, -0.05) is 59.5 Å². The molecule has 0 saturated heterocycles. The second-order valence-electron chi connectivity index (χ2n) is 7.15. The van der Waals surface area contributed by atoms with Crippen molar-refractivity contribution >= 4 is 39.6 Å². The highest BCUT2D eigenvalue weighted by molar-refractivity contribution is 9.10. The van der Waals surface area contributed by atoms with Crippen molar-refractivity contribution in [2.75, 3.05) is 4.90 Å². The molecule has 28 heavy (non-hydrogen) atoms. The molecule has 0 bridgehead atoms. The number of aliphatic carboxylic acids is 1. The molecule has 2 aromatic carbocycles. The van der Waals surface area contributed by atoms with Gasteiger partial charge in [0, 0.05) is 22.2 Å². The molecule has 0 unspecified atom stereocenters. The van der Waals surface area contributed by atoms with Crippen molar-refractivity contribution in [1.29, 1.82) is 0 Å².